The molecule has 188 valence electrons. The van der Waals surface area contributed by atoms with Gasteiger partial charge in [0, 0.05) is 23.5 Å². The number of alkyl halides is 3. The van der Waals surface area contributed by atoms with Crippen molar-refractivity contribution in [3.05, 3.63) is 64.3 Å². The van der Waals surface area contributed by atoms with Gasteiger partial charge in [0.25, 0.3) is 0 Å². The monoisotopic (exact) mass is 511 g/mol. The van der Waals surface area contributed by atoms with Crippen molar-refractivity contribution in [3.8, 4) is 5.75 Å². The first-order chi connectivity index (χ1) is 16.9. The van der Waals surface area contributed by atoms with Crippen LogP contribution in [-0.4, -0.2) is 34.0 Å². The molecule has 2 N–H and O–H groups in total. The molecule has 0 aliphatic rings. The Labute approximate surface area is 197 Å². The molecule has 0 bridgehead atoms. The third kappa shape index (κ3) is 5.03. The zero-order valence-corrected chi connectivity index (χ0v) is 18.2. The van der Waals surface area contributed by atoms with Gasteiger partial charge in [0.1, 0.15) is 11.3 Å². The number of benzene rings is 2. The van der Waals surface area contributed by atoms with Crippen LogP contribution in [0.2, 0.25) is 0 Å². The number of hydrogen-bond acceptors (Lipinski definition) is 9. The molecule has 0 atom stereocenters. The van der Waals surface area contributed by atoms with Gasteiger partial charge in [0.15, 0.2) is 23.0 Å². The quantitative estimate of drug-likeness (QED) is 0.370. The minimum absolute atomic E-state index is 0.0626. The van der Waals surface area contributed by atoms with Crippen molar-refractivity contribution >= 4 is 40.2 Å². The highest BCUT2D eigenvalue weighted by atomic mass is 19.4. The van der Waals surface area contributed by atoms with Gasteiger partial charge in [-0.05, 0) is 30.7 Å². The van der Waals surface area contributed by atoms with E-state index in [0.717, 1.165) is 23.9 Å². The zero-order valence-electron chi connectivity index (χ0n) is 18.2. The molecule has 0 unspecified atom stereocenters. The molecule has 4 aromatic rings. The summed E-state index contributed by atoms with van der Waals surface area (Å²) in [6.07, 6.45) is -4.62. The highest BCUT2D eigenvalue weighted by Crippen LogP contribution is 2.27. The van der Waals surface area contributed by atoms with Gasteiger partial charge < -0.3 is 24.6 Å². The first-order valence-electron chi connectivity index (χ1n) is 9.81. The number of carbonyl (C=O) groups excluding carboxylic acids is 1. The van der Waals surface area contributed by atoms with E-state index >= 15 is 0 Å². The van der Waals surface area contributed by atoms with Gasteiger partial charge in [-0.25, -0.2) is 23.4 Å². The standard InChI is InChI=1S/C21H14F5N5O5/c1-9-3-10(5-12(4-9)34-2)29-19-27-8-14(23)17(30-19)28-11-6-13(22)16-15(7-11)31(20(33)35-16)36-18(32)21(24,25)26/h3-8H,1-2H3,(H2,27,28,29,30). The predicted molar refractivity (Wildman–Crippen MR) is 114 cm³/mol. The van der Waals surface area contributed by atoms with Gasteiger partial charge in [0.05, 0.1) is 13.3 Å². The summed E-state index contributed by atoms with van der Waals surface area (Å²) in [6, 6.07) is 6.81. The fraction of sp³-hybridized carbons (Fsp3) is 0.143. The van der Waals surface area contributed by atoms with Crippen LogP contribution in [0.25, 0.3) is 11.1 Å². The topological polar surface area (TPSA) is 121 Å². The molecule has 15 heteroatoms. The van der Waals surface area contributed by atoms with Gasteiger partial charge >= 0.3 is 17.9 Å². The number of rotatable bonds is 6. The number of ether oxygens (including phenoxy) is 1. The lowest BCUT2D eigenvalue weighted by Gasteiger charge is -2.11. The molecule has 36 heavy (non-hydrogen) atoms. The van der Waals surface area contributed by atoms with E-state index in [1.54, 1.807) is 18.2 Å². The highest BCUT2D eigenvalue weighted by molar-refractivity contribution is 5.81. The van der Waals surface area contributed by atoms with E-state index in [4.69, 9.17) is 4.74 Å². The lowest BCUT2D eigenvalue weighted by atomic mass is 10.2. The van der Waals surface area contributed by atoms with E-state index in [1.807, 2.05) is 6.92 Å². The third-order valence-electron chi connectivity index (χ3n) is 4.55. The molecule has 4 rings (SSSR count). The molecular weight excluding hydrogens is 497 g/mol. The van der Waals surface area contributed by atoms with Gasteiger partial charge in [-0.3, -0.25) is 0 Å². The van der Waals surface area contributed by atoms with Crippen molar-refractivity contribution in [1.29, 1.82) is 0 Å². The van der Waals surface area contributed by atoms with Crippen LogP contribution in [-0.2, 0) is 4.79 Å². The molecule has 0 spiro atoms. The second-order valence-corrected chi connectivity index (χ2v) is 7.22. The summed E-state index contributed by atoms with van der Waals surface area (Å²) in [5.74, 6) is -6.48. The van der Waals surface area contributed by atoms with E-state index in [-0.39, 0.29) is 16.4 Å². The van der Waals surface area contributed by atoms with Crippen LogP contribution in [0.3, 0.4) is 0 Å². The largest absolute Gasteiger partial charge is 0.497 e. The molecule has 0 fully saturated rings. The lowest BCUT2D eigenvalue weighted by Crippen LogP contribution is -2.36. The Kier molecular flexibility index (Phi) is 6.22. The molecule has 2 aromatic carbocycles. The number of nitrogens with one attached hydrogen (secondary N) is 2. The van der Waals surface area contributed by atoms with Gasteiger partial charge in [-0.2, -0.15) is 18.2 Å². The fourth-order valence-corrected chi connectivity index (χ4v) is 3.07. The van der Waals surface area contributed by atoms with Crippen molar-refractivity contribution in [2.75, 3.05) is 17.7 Å². The average molecular weight is 511 g/mol. The van der Waals surface area contributed by atoms with Crippen molar-refractivity contribution < 1.29 is 40.7 Å². The highest BCUT2D eigenvalue weighted by Gasteiger charge is 2.42. The SMILES string of the molecule is COc1cc(C)cc(Nc2ncc(F)c(Nc3cc(F)c4oc(=O)n(OC(=O)C(F)(F)F)c4c3)n2)c1. The van der Waals surface area contributed by atoms with Crippen LogP contribution in [0, 0.1) is 18.6 Å². The number of carbonyl (C=O) groups is 1. The second-order valence-electron chi connectivity index (χ2n) is 7.22. The summed E-state index contributed by atoms with van der Waals surface area (Å²) in [6.45, 7) is 1.82. The molecule has 0 amide bonds. The molecule has 2 heterocycles. The molecule has 0 saturated carbocycles. The Morgan fingerprint density at radius 2 is 1.78 bits per heavy atom. The second kappa shape index (κ2) is 9.16. The summed E-state index contributed by atoms with van der Waals surface area (Å²) in [5, 5.41) is 5.29. The fourth-order valence-electron chi connectivity index (χ4n) is 3.07. The molecule has 10 nitrogen and oxygen atoms in total. The minimum atomic E-state index is -5.44. The van der Waals surface area contributed by atoms with Crippen molar-refractivity contribution in [2.45, 2.75) is 13.1 Å². The number of oxazole rings is 1. The Hall–Kier alpha value is -4.69. The average Bonchev–Trinajstić information content (AvgIpc) is 3.10. The Balaban J connectivity index is 1.67. The van der Waals surface area contributed by atoms with Crippen LogP contribution in [0.1, 0.15) is 5.56 Å². The molecule has 0 aliphatic heterocycles. The summed E-state index contributed by atoms with van der Waals surface area (Å²) in [7, 11) is 1.48. The lowest BCUT2D eigenvalue weighted by molar-refractivity contribution is -0.200. The summed E-state index contributed by atoms with van der Waals surface area (Å²) < 4.78 is 76.0. The molecule has 0 saturated heterocycles. The Morgan fingerprint density at radius 3 is 2.47 bits per heavy atom. The maximum Gasteiger partial charge on any atom is 0.493 e. The maximum absolute atomic E-state index is 14.5. The number of methoxy groups -OCH3 is 1. The van der Waals surface area contributed by atoms with Crippen molar-refractivity contribution in [3.63, 3.8) is 0 Å². The summed E-state index contributed by atoms with van der Waals surface area (Å²) >= 11 is 0. The van der Waals surface area contributed by atoms with Crippen LogP contribution in [0.4, 0.5) is 45.1 Å². The van der Waals surface area contributed by atoms with Crippen molar-refractivity contribution in [1.82, 2.24) is 14.7 Å². The minimum Gasteiger partial charge on any atom is -0.497 e. The number of fused-ring (bicyclic) bond motifs is 1. The number of hydrogen-bond donors (Lipinski definition) is 2. The summed E-state index contributed by atoms with van der Waals surface area (Å²) in [4.78, 5) is 34.8. The van der Waals surface area contributed by atoms with Crippen LogP contribution in [0.15, 0.2) is 45.7 Å². The molecular formula is C21H14F5N5O5. The normalized spacial score (nSPS) is 11.4. The van der Waals surface area contributed by atoms with E-state index in [9.17, 15) is 31.5 Å². The number of anilines is 4. The van der Waals surface area contributed by atoms with Crippen LogP contribution < -0.4 is 26.0 Å². The number of aromatic nitrogens is 3. The van der Waals surface area contributed by atoms with Crippen LogP contribution >= 0.6 is 0 Å². The summed E-state index contributed by atoms with van der Waals surface area (Å²) in [5.41, 5.74) is -0.359. The Morgan fingerprint density at radius 1 is 1.06 bits per heavy atom. The molecule has 0 radical (unpaired) electrons. The van der Waals surface area contributed by atoms with Crippen molar-refractivity contribution in [2.24, 2.45) is 0 Å². The Bertz CT molecular complexity index is 1530. The van der Waals surface area contributed by atoms with E-state index in [0.29, 0.717) is 11.4 Å². The maximum atomic E-state index is 14.5. The zero-order chi connectivity index (χ0) is 26.2. The van der Waals surface area contributed by atoms with Gasteiger partial charge in [0.2, 0.25) is 5.95 Å². The number of nitrogens with zero attached hydrogens (tertiary/aromatic N) is 3. The molecule has 0 aliphatic carbocycles. The van der Waals surface area contributed by atoms with Gasteiger partial charge in [-0.15, -0.1) is 0 Å². The molecule has 2 aromatic heterocycles. The van der Waals surface area contributed by atoms with E-state index < -0.39 is 46.5 Å². The van der Waals surface area contributed by atoms with E-state index in [1.165, 1.54) is 7.11 Å². The first-order valence-corrected chi connectivity index (χ1v) is 9.81. The van der Waals surface area contributed by atoms with Crippen LogP contribution in [0.5, 0.6) is 5.75 Å². The predicted octanol–water partition coefficient (Wildman–Crippen LogP) is 3.98. The number of aryl methyl sites for hydroxylation is 1. The number of halogens is 5. The third-order valence-corrected chi connectivity index (χ3v) is 4.55. The van der Waals surface area contributed by atoms with Gasteiger partial charge in [-0.1, -0.05) is 4.73 Å². The van der Waals surface area contributed by atoms with E-state index in [2.05, 4.69) is 29.9 Å². The first kappa shape index (κ1) is 24.4. The smallest absolute Gasteiger partial charge is 0.493 e.